The number of nitrogens with one attached hydrogen (secondary N) is 1. The molecular weight excluding hydrogens is 278 g/mol. The highest BCUT2D eigenvalue weighted by Crippen LogP contribution is 2.26. The zero-order valence-electron chi connectivity index (χ0n) is 13.6. The van der Waals surface area contributed by atoms with Crippen LogP contribution in [0.15, 0.2) is 18.5 Å². The summed E-state index contributed by atoms with van der Waals surface area (Å²) in [7, 11) is 1.87. The summed E-state index contributed by atoms with van der Waals surface area (Å²) < 4.78 is 0. The van der Waals surface area contributed by atoms with Crippen LogP contribution >= 0.6 is 0 Å². The van der Waals surface area contributed by atoms with Gasteiger partial charge < -0.3 is 15.3 Å². The highest BCUT2D eigenvalue weighted by Gasteiger charge is 2.25. The van der Waals surface area contributed by atoms with Gasteiger partial charge in [0.05, 0.1) is 0 Å². The van der Waals surface area contributed by atoms with Crippen LogP contribution in [-0.2, 0) is 6.42 Å². The molecule has 0 aromatic carbocycles. The number of nitrogens with zero attached hydrogens (tertiary/aromatic N) is 2. The van der Waals surface area contributed by atoms with Crippen LogP contribution in [0.2, 0.25) is 0 Å². The molecule has 0 atom stereocenters. The molecule has 0 aliphatic heterocycles. The molecule has 2 N–H and O–H groups in total. The highest BCUT2D eigenvalue weighted by atomic mass is 16.3. The molecule has 0 spiro atoms. The van der Waals surface area contributed by atoms with Crippen molar-refractivity contribution in [2.24, 2.45) is 5.92 Å². The number of amides is 2. The van der Waals surface area contributed by atoms with Crippen LogP contribution in [0.5, 0.6) is 0 Å². The van der Waals surface area contributed by atoms with Crippen molar-refractivity contribution in [3.63, 3.8) is 0 Å². The minimum atomic E-state index is -0.000780. The van der Waals surface area contributed by atoms with Gasteiger partial charge in [0.25, 0.3) is 0 Å². The van der Waals surface area contributed by atoms with Gasteiger partial charge in [-0.2, -0.15) is 0 Å². The van der Waals surface area contributed by atoms with Gasteiger partial charge in [-0.05, 0) is 62.1 Å². The Kier molecular flexibility index (Phi) is 6.19. The first-order valence-corrected chi connectivity index (χ1v) is 8.12. The van der Waals surface area contributed by atoms with Gasteiger partial charge >= 0.3 is 6.03 Å². The molecule has 122 valence electrons. The largest absolute Gasteiger partial charge is 0.396 e. The summed E-state index contributed by atoms with van der Waals surface area (Å²) >= 11 is 0. The standard InChI is InChI=1S/C17H27N3O2/c1-13-11-18-9-7-15(13)8-10-19-17(22)20(2)16-5-3-14(12-21)4-6-16/h7,9,11,14,16,21H,3-6,8,10,12H2,1-2H3,(H,19,22). The van der Waals surface area contributed by atoms with Gasteiger partial charge in [0.15, 0.2) is 0 Å². The van der Waals surface area contributed by atoms with E-state index in [0.717, 1.165) is 37.7 Å². The quantitative estimate of drug-likeness (QED) is 0.876. The van der Waals surface area contributed by atoms with E-state index in [1.165, 1.54) is 5.56 Å². The van der Waals surface area contributed by atoms with E-state index in [0.29, 0.717) is 18.5 Å². The van der Waals surface area contributed by atoms with E-state index in [9.17, 15) is 9.90 Å². The Hall–Kier alpha value is -1.62. The maximum Gasteiger partial charge on any atom is 0.317 e. The van der Waals surface area contributed by atoms with Gasteiger partial charge in [0.2, 0.25) is 0 Å². The van der Waals surface area contributed by atoms with E-state index in [1.54, 1.807) is 6.20 Å². The number of aromatic nitrogens is 1. The van der Waals surface area contributed by atoms with Gasteiger partial charge in [-0.1, -0.05) is 0 Å². The van der Waals surface area contributed by atoms with Crippen molar-refractivity contribution in [1.82, 2.24) is 15.2 Å². The highest BCUT2D eigenvalue weighted by molar-refractivity contribution is 5.74. The first-order chi connectivity index (χ1) is 10.6. The zero-order valence-corrected chi connectivity index (χ0v) is 13.6. The van der Waals surface area contributed by atoms with Crippen molar-refractivity contribution < 1.29 is 9.90 Å². The molecule has 0 bridgehead atoms. The fraction of sp³-hybridized carbons (Fsp3) is 0.647. The summed E-state index contributed by atoms with van der Waals surface area (Å²) in [6.45, 7) is 2.95. The van der Waals surface area contributed by atoms with E-state index in [1.807, 2.05) is 31.1 Å². The third-order valence-corrected chi connectivity index (χ3v) is 4.75. The summed E-state index contributed by atoms with van der Waals surface area (Å²) in [5, 5.41) is 12.2. The predicted octanol–water partition coefficient (Wildman–Crippen LogP) is 2.13. The maximum absolute atomic E-state index is 12.2. The van der Waals surface area contributed by atoms with Crippen LogP contribution < -0.4 is 5.32 Å². The Balaban J connectivity index is 1.74. The number of pyridine rings is 1. The molecule has 5 heteroatoms. The fourth-order valence-corrected chi connectivity index (χ4v) is 3.09. The van der Waals surface area contributed by atoms with Gasteiger partial charge in [-0.25, -0.2) is 4.79 Å². The van der Waals surface area contributed by atoms with Gasteiger partial charge in [0.1, 0.15) is 0 Å². The normalized spacial score (nSPS) is 21.4. The number of hydrogen-bond acceptors (Lipinski definition) is 3. The van der Waals surface area contributed by atoms with Crippen molar-refractivity contribution in [2.75, 3.05) is 20.2 Å². The van der Waals surface area contributed by atoms with Crippen LogP contribution in [0.4, 0.5) is 4.79 Å². The molecule has 1 fully saturated rings. The Morgan fingerprint density at radius 3 is 2.77 bits per heavy atom. The number of hydrogen-bond donors (Lipinski definition) is 2. The Morgan fingerprint density at radius 2 is 2.14 bits per heavy atom. The summed E-state index contributed by atoms with van der Waals surface area (Å²) in [6, 6.07) is 2.30. The lowest BCUT2D eigenvalue weighted by atomic mass is 9.86. The van der Waals surface area contributed by atoms with Crippen LogP contribution in [0.3, 0.4) is 0 Å². The van der Waals surface area contributed by atoms with Crippen molar-refractivity contribution in [1.29, 1.82) is 0 Å². The molecule has 1 aliphatic carbocycles. The third kappa shape index (κ3) is 4.44. The lowest BCUT2D eigenvalue weighted by Crippen LogP contribution is -2.45. The average Bonchev–Trinajstić information content (AvgIpc) is 2.56. The smallest absolute Gasteiger partial charge is 0.317 e. The number of aliphatic hydroxyl groups excluding tert-OH is 1. The average molecular weight is 305 g/mol. The Morgan fingerprint density at radius 1 is 1.41 bits per heavy atom. The minimum absolute atomic E-state index is 0.000780. The SMILES string of the molecule is Cc1cnccc1CCNC(=O)N(C)C1CCC(CO)CC1. The van der Waals surface area contributed by atoms with E-state index in [2.05, 4.69) is 10.3 Å². The summed E-state index contributed by atoms with van der Waals surface area (Å²) in [5.41, 5.74) is 2.38. The van der Waals surface area contributed by atoms with Crippen molar-refractivity contribution in [3.8, 4) is 0 Å². The number of aliphatic hydroxyl groups is 1. The molecule has 0 unspecified atom stereocenters. The second kappa shape index (κ2) is 8.13. The molecular formula is C17H27N3O2. The van der Waals surface area contributed by atoms with Gasteiger partial charge in [-0.3, -0.25) is 4.98 Å². The Bertz CT molecular complexity index is 485. The predicted molar refractivity (Wildman–Crippen MR) is 86.7 cm³/mol. The molecule has 1 heterocycles. The first kappa shape index (κ1) is 16.7. The number of carbonyl (C=O) groups excluding carboxylic acids is 1. The monoisotopic (exact) mass is 305 g/mol. The van der Waals surface area contributed by atoms with E-state index >= 15 is 0 Å². The number of rotatable bonds is 5. The molecule has 1 aromatic rings. The van der Waals surface area contributed by atoms with Crippen LogP contribution in [0.25, 0.3) is 0 Å². The molecule has 1 saturated carbocycles. The van der Waals surface area contributed by atoms with Crippen LogP contribution in [0.1, 0.15) is 36.8 Å². The van der Waals surface area contributed by atoms with Gasteiger partial charge in [0, 0.05) is 38.6 Å². The fourth-order valence-electron chi connectivity index (χ4n) is 3.09. The second-order valence-corrected chi connectivity index (χ2v) is 6.25. The lowest BCUT2D eigenvalue weighted by molar-refractivity contribution is 0.134. The van der Waals surface area contributed by atoms with Gasteiger partial charge in [-0.15, -0.1) is 0 Å². The van der Waals surface area contributed by atoms with Crippen LogP contribution in [-0.4, -0.2) is 47.3 Å². The Labute approximate surface area is 132 Å². The number of aryl methyl sites for hydroxylation is 1. The van der Waals surface area contributed by atoms with Crippen molar-refractivity contribution >= 4 is 6.03 Å². The molecule has 0 radical (unpaired) electrons. The zero-order chi connectivity index (χ0) is 15.9. The summed E-state index contributed by atoms with van der Waals surface area (Å²) in [4.78, 5) is 18.1. The van der Waals surface area contributed by atoms with E-state index in [4.69, 9.17) is 0 Å². The molecule has 2 rings (SSSR count). The van der Waals surface area contributed by atoms with E-state index < -0.39 is 0 Å². The van der Waals surface area contributed by atoms with Crippen LogP contribution in [0, 0.1) is 12.8 Å². The summed E-state index contributed by atoms with van der Waals surface area (Å²) in [6.07, 6.45) is 8.45. The molecule has 2 amide bonds. The van der Waals surface area contributed by atoms with Crippen molar-refractivity contribution in [3.05, 3.63) is 29.6 Å². The van der Waals surface area contributed by atoms with Crippen molar-refractivity contribution in [2.45, 2.75) is 45.1 Å². The van der Waals surface area contributed by atoms with E-state index in [-0.39, 0.29) is 12.6 Å². The molecule has 1 aromatic heterocycles. The first-order valence-electron chi connectivity index (χ1n) is 8.12. The molecule has 5 nitrogen and oxygen atoms in total. The topological polar surface area (TPSA) is 65.5 Å². The summed E-state index contributed by atoms with van der Waals surface area (Å²) in [5.74, 6) is 0.419. The minimum Gasteiger partial charge on any atom is -0.396 e. The lowest BCUT2D eigenvalue weighted by Gasteiger charge is -2.34. The number of urea groups is 1. The molecule has 1 aliphatic rings. The molecule has 0 saturated heterocycles. The maximum atomic E-state index is 12.2. The third-order valence-electron chi connectivity index (χ3n) is 4.75. The second-order valence-electron chi connectivity index (χ2n) is 6.25. The molecule has 22 heavy (non-hydrogen) atoms. The number of carbonyl (C=O) groups is 1.